The molecule has 1 aromatic heterocycles. The number of rotatable bonds is 4. The van der Waals surface area contributed by atoms with E-state index in [4.69, 9.17) is 4.74 Å². The lowest BCUT2D eigenvalue weighted by molar-refractivity contribution is -0.142. The zero-order valence-corrected chi connectivity index (χ0v) is 10.8. The first-order valence-electron chi connectivity index (χ1n) is 5.60. The van der Waals surface area contributed by atoms with Gasteiger partial charge in [0.1, 0.15) is 5.75 Å². The SMILES string of the molecule is COC(=O)C(Cc1ccc(O)cc1)c1cccs1. The second kappa shape index (κ2) is 5.69. The molecule has 3 nitrogen and oxygen atoms in total. The zero-order chi connectivity index (χ0) is 13.0. The van der Waals surface area contributed by atoms with Crippen molar-refractivity contribution in [3.8, 4) is 5.75 Å². The summed E-state index contributed by atoms with van der Waals surface area (Å²) < 4.78 is 4.85. The predicted octanol–water partition coefficient (Wildman–Crippen LogP) is 2.95. The molecule has 1 unspecified atom stereocenters. The molecule has 2 aromatic rings. The second-order valence-corrected chi connectivity index (χ2v) is 4.94. The summed E-state index contributed by atoms with van der Waals surface area (Å²) in [5.74, 6) is -0.283. The van der Waals surface area contributed by atoms with Crippen molar-refractivity contribution in [2.45, 2.75) is 12.3 Å². The Kier molecular flexibility index (Phi) is 3.99. The Morgan fingerprint density at radius 2 is 2.06 bits per heavy atom. The Morgan fingerprint density at radius 1 is 1.33 bits per heavy atom. The average molecular weight is 262 g/mol. The van der Waals surface area contributed by atoms with E-state index >= 15 is 0 Å². The molecule has 0 saturated heterocycles. The molecule has 1 atom stereocenters. The molecule has 0 aliphatic heterocycles. The molecule has 1 aromatic carbocycles. The number of esters is 1. The van der Waals surface area contributed by atoms with Gasteiger partial charge >= 0.3 is 5.97 Å². The van der Waals surface area contributed by atoms with E-state index in [0.29, 0.717) is 6.42 Å². The molecule has 2 rings (SSSR count). The Labute approximate surface area is 110 Å². The van der Waals surface area contributed by atoms with Crippen LogP contribution in [0.15, 0.2) is 41.8 Å². The topological polar surface area (TPSA) is 46.5 Å². The zero-order valence-electron chi connectivity index (χ0n) is 10.00. The first-order valence-corrected chi connectivity index (χ1v) is 6.48. The van der Waals surface area contributed by atoms with Crippen molar-refractivity contribution in [3.05, 3.63) is 52.2 Å². The molecule has 1 heterocycles. The van der Waals surface area contributed by atoms with Gasteiger partial charge < -0.3 is 9.84 Å². The van der Waals surface area contributed by atoms with Gasteiger partial charge in [-0.3, -0.25) is 4.79 Å². The fourth-order valence-electron chi connectivity index (χ4n) is 1.80. The van der Waals surface area contributed by atoms with Gasteiger partial charge in [-0.05, 0) is 35.6 Å². The quantitative estimate of drug-likeness (QED) is 0.862. The Morgan fingerprint density at radius 3 is 2.61 bits per heavy atom. The van der Waals surface area contributed by atoms with Gasteiger partial charge in [0.25, 0.3) is 0 Å². The summed E-state index contributed by atoms with van der Waals surface area (Å²) in [5.41, 5.74) is 0.997. The number of phenolic OH excluding ortho intramolecular Hbond substituents is 1. The first-order chi connectivity index (χ1) is 8.70. The van der Waals surface area contributed by atoms with Gasteiger partial charge in [0, 0.05) is 4.88 Å². The summed E-state index contributed by atoms with van der Waals surface area (Å²) in [6.45, 7) is 0. The number of ether oxygens (including phenoxy) is 1. The van der Waals surface area contributed by atoms with E-state index in [1.54, 1.807) is 23.5 Å². The normalized spacial score (nSPS) is 12.1. The van der Waals surface area contributed by atoms with E-state index in [1.165, 1.54) is 7.11 Å². The fraction of sp³-hybridized carbons (Fsp3) is 0.214. The van der Waals surface area contributed by atoms with Gasteiger partial charge in [0.05, 0.1) is 13.0 Å². The van der Waals surface area contributed by atoms with Crippen LogP contribution in [0.1, 0.15) is 16.4 Å². The fourth-order valence-corrected chi connectivity index (χ4v) is 2.61. The summed E-state index contributed by atoms with van der Waals surface area (Å²) in [6, 6.07) is 10.7. The van der Waals surface area contributed by atoms with Crippen LogP contribution in [0.5, 0.6) is 5.75 Å². The molecular weight excluding hydrogens is 248 g/mol. The van der Waals surface area contributed by atoms with Crippen molar-refractivity contribution in [2.24, 2.45) is 0 Å². The average Bonchev–Trinajstić information content (AvgIpc) is 2.91. The minimum atomic E-state index is -0.278. The number of hydrogen-bond donors (Lipinski definition) is 1. The number of phenols is 1. The number of thiophene rings is 1. The van der Waals surface area contributed by atoms with E-state index in [0.717, 1.165) is 10.4 Å². The lowest BCUT2D eigenvalue weighted by Crippen LogP contribution is -2.15. The van der Waals surface area contributed by atoms with Crippen molar-refractivity contribution in [2.75, 3.05) is 7.11 Å². The summed E-state index contributed by atoms with van der Waals surface area (Å²) in [5, 5.41) is 11.2. The lowest BCUT2D eigenvalue weighted by atomic mass is 9.98. The minimum absolute atomic E-state index is 0.226. The van der Waals surface area contributed by atoms with Gasteiger partial charge in [-0.2, -0.15) is 0 Å². The number of hydrogen-bond acceptors (Lipinski definition) is 4. The Bertz CT molecular complexity index is 502. The smallest absolute Gasteiger partial charge is 0.314 e. The van der Waals surface area contributed by atoms with Crippen LogP contribution in [0.25, 0.3) is 0 Å². The molecule has 1 N–H and O–H groups in total. The molecule has 94 valence electrons. The molecule has 0 spiro atoms. The second-order valence-electron chi connectivity index (χ2n) is 3.96. The highest BCUT2D eigenvalue weighted by Crippen LogP contribution is 2.26. The van der Waals surface area contributed by atoms with E-state index in [2.05, 4.69) is 0 Å². The third-order valence-corrected chi connectivity index (χ3v) is 3.73. The third kappa shape index (κ3) is 2.90. The molecular formula is C14H14O3S. The molecule has 0 amide bonds. The first kappa shape index (κ1) is 12.6. The largest absolute Gasteiger partial charge is 0.508 e. The van der Waals surface area contributed by atoms with Crippen LogP contribution in [0.4, 0.5) is 0 Å². The van der Waals surface area contributed by atoms with Crippen molar-refractivity contribution in [1.29, 1.82) is 0 Å². The molecule has 0 bridgehead atoms. The van der Waals surface area contributed by atoms with Gasteiger partial charge in [-0.25, -0.2) is 0 Å². The van der Waals surface area contributed by atoms with Crippen molar-refractivity contribution in [1.82, 2.24) is 0 Å². The maximum Gasteiger partial charge on any atom is 0.314 e. The van der Waals surface area contributed by atoms with Gasteiger partial charge in [-0.1, -0.05) is 18.2 Å². The molecule has 18 heavy (non-hydrogen) atoms. The molecule has 4 heteroatoms. The monoisotopic (exact) mass is 262 g/mol. The minimum Gasteiger partial charge on any atom is -0.508 e. The number of carbonyl (C=O) groups is 1. The number of methoxy groups -OCH3 is 1. The standard InChI is InChI=1S/C14H14O3S/c1-17-14(16)12(13-3-2-8-18-13)9-10-4-6-11(15)7-5-10/h2-8,12,15H,9H2,1H3. The number of carbonyl (C=O) groups excluding carboxylic acids is 1. The maximum atomic E-state index is 11.8. The van der Waals surface area contributed by atoms with Crippen LogP contribution in [-0.2, 0) is 16.0 Å². The molecule has 0 aliphatic rings. The maximum absolute atomic E-state index is 11.8. The van der Waals surface area contributed by atoms with Gasteiger partial charge in [-0.15, -0.1) is 11.3 Å². The molecule has 0 radical (unpaired) electrons. The third-order valence-electron chi connectivity index (χ3n) is 2.75. The summed E-state index contributed by atoms with van der Waals surface area (Å²) in [4.78, 5) is 12.8. The molecule has 0 fully saturated rings. The van der Waals surface area contributed by atoms with Crippen LogP contribution in [-0.4, -0.2) is 18.2 Å². The van der Waals surface area contributed by atoms with E-state index in [9.17, 15) is 9.90 Å². The van der Waals surface area contributed by atoms with Crippen LogP contribution >= 0.6 is 11.3 Å². The summed E-state index contributed by atoms with van der Waals surface area (Å²) in [7, 11) is 1.40. The van der Waals surface area contributed by atoms with E-state index in [1.807, 2.05) is 29.6 Å². The van der Waals surface area contributed by atoms with Gasteiger partial charge in [0.15, 0.2) is 0 Å². The summed E-state index contributed by atoms with van der Waals surface area (Å²) in [6.07, 6.45) is 0.577. The van der Waals surface area contributed by atoms with Gasteiger partial charge in [0.2, 0.25) is 0 Å². The van der Waals surface area contributed by atoms with Crippen LogP contribution in [0.2, 0.25) is 0 Å². The highest BCUT2D eigenvalue weighted by molar-refractivity contribution is 7.10. The summed E-state index contributed by atoms with van der Waals surface area (Å²) >= 11 is 1.55. The molecule has 0 saturated carbocycles. The predicted molar refractivity (Wildman–Crippen MR) is 70.9 cm³/mol. The number of aromatic hydroxyl groups is 1. The Balaban J connectivity index is 2.20. The van der Waals surface area contributed by atoms with Crippen LogP contribution in [0.3, 0.4) is 0 Å². The van der Waals surface area contributed by atoms with Crippen LogP contribution in [0, 0.1) is 0 Å². The highest BCUT2D eigenvalue weighted by atomic mass is 32.1. The Hall–Kier alpha value is -1.81. The lowest BCUT2D eigenvalue weighted by Gasteiger charge is -2.13. The van der Waals surface area contributed by atoms with Crippen molar-refractivity contribution in [3.63, 3.8) is 0 Å². The van der Waals surface area contributed by atoms with Crippen LogP contribution < -0.4 is 0 Å². The highest BCUT2D eigenvalue weighted by Gasteiger charge is 2.22. The number of benzene rings is 1. The molecule has 0 aliphatic carbocycles. The van der Waals surface area contributed by atoms with Crippen molar-refractivity contribution < 1.29 is 14.6 Å². The van der Waals surface area contributed by atoms with E-state index in [-0.39, 0.29) is 17.6 Å². The van der Waals surface area contributed by atoms with Crippen molar-refractivity contribution >= 4 is 17.3 Å². The van der Waals surface area contributed by atoms with E-state index < -0.39 is 0 Å².